The van der Waals surface area contributed by atoms with Crippen LogP contribution in [0, 0.1) is 5.82 Å². The first-order valence-corrected chi connectivity index (χ1v) is 6.14. The molecule has 0 N–H and O–H groups in total. The lowest BCUT2D eigenvalue weighted by Gasteiger charge is -2.06. The molecule has 3 nitrogen and oxygen atoms in total. The maximum atomic E-state index is 13.3. The highest BCUT2D eigenvalue weighted by molar-refractivity contribution is 7.80. The van der Waals surface area contributed by atoms with E-state index in [2.05, 4.69) is 22.8 Å². The van der Waals surface area contributed by atoms with Crippen LogP contribution in [0.4, 0.5) is 4.39 Å². The minimum absolute atomic E-state index is 0.289. The maximum absolute atomic E-state index is 13.3. The molecule has 3 rings (SSSR count). The van der Waals surface area contributed by atoms with Crippen molar-refractivity contribution in [2.45, 2.75) is 4.90 Å². The molecule has 0 amide bonds. The van der Waals surface area contributed by atoms with Gasteiger partial charge >= 0.3 is 0 Å². The number of thiol groups is 1. The molecule has 0 saturated heterocycles. The molecule has 0 spiro atoms. The molecular formula is C14H10FN3S. The third kappa shape index (κ3) is 2.37. The Labute approximate surface area is 115 Å². The lowest BCUT2D eigenvalue weighted by atomic mass is 10.2. The summed E-state index contributed by atoms with van der Waals surface area (Å²) < 4.78 is 15.0. The van der Waals surface area contributed by atoms with E-state index >= 15 is 0 Å². The van der Waals surface area contributed by atoms with Crippen molar-refractivity contribution in [1.29, 1.82) is 0 Å². The van der Waals surface area contributed by atoms with E-state index < -0.39 is 0 Å². The first kappa shape index (κ1) is 11.9. The van der Waals surface area contributed by atoms with Gasteiger partial charge in [-0.25, -0.2) is 4.39 Å². The molecule has 0 aliphatic heterocycles. The van der Waals surface area contributed by atoms with Gasteiger partial charge in [-0.2, -0.15) is 0 Å². The van der Waals surface area contributed by atoms with Crippen LogP contribution >= 0.6 is 12.6 Å². The summed E-state index contributed by atoms with van der Waals surface area (Å²) in [5, 5.41) is 7.99. The molecule has 0 saturated carbocycles. The fourth-order valence-electron chi connectivity index (χ4n) is 1.86. The quantitative estimate of drug-likeness (QED) is 0.724. The van der Waals surface area contributed by atoms with Crippen molar-refractivity contribution in [2.24, 2.45) is 0 Å². The smallest absolute Gasteiger partial charge is 0.168 e. The normalized spacial score (nSPS) is 10.6. The monoisotopic (exact) mass is 271 g/mol. The Hall–Kier alpha value is -2.14. The number of hydrogen-bond donors (Lipinski definition) is 1. The third-order valence-corrected chi connectivity index (χ3v) is 3.06. The zero-order chi connectivity index (χ0) is 13.2. The van der Waals surface area contributed by atoms with Crippen LogP contribution in [0.2, 0.25) is 0 Å². The molecule has 0 unspecified atom stereocenters. The molecule has 19 heavy (non-hydrogen) atoms. The van der Waals surface area contributed by atoms with Crippen LogP contribution in [-0.4, -0.2) is 14.8 Å². The second-order valence-electron chi connectivity index (χ2n) is 4.05. The van der Waals surface area contributed by atoms with E-state index in [1.165, 1.54) is 12.1 Å². The van der Waals surface area contributed by atoms with Crippen LogP contribution in [0.15, 0.2) is 59.8 Å². The zero-order valence-electron chi connectivity index (χ0n) is 9.86. The van der Waals surface area contributed by atoms with Crippen molar-refractivity contribution in [1.82, 2.24) is 14.8 Å². The fourth-order valence-corrected chi connectivity index (χ4v) is 2.01. The summed E-state index contributed by atoms with van der Waals surface area (Å²) in [5.41, 5.74) is 1.59. The minimum atomic E-state index is -0.289. The molecule has 1 aromatic heterocycles. The van der Waals surface area contributed by atoms with Gasteiger partial charge < -0.3 is 0 Å². The number of rotatable bonds is 2. The average Bonchev–Trinajstić information content (AvgIpc) is 2.89. The van der Waals surface area contributed by atoms with Crippen molar-refractivity contribution < 1.29 is 4.39 Å². The van der Waals surface area contributed by atoms with Crippen molar-refractivity contribution in [3.8, 4) is 17.1 Å². The first-order valence-electron chi connectivity index (χ1n) is 5.69. The summed E-state index contributed by atoms with van der Waals surface area (Å²) in [4.78, 5) is 0.876. The van der Waals surface area contributed by atoms with E-state index in [9.17, 15) is 4.39 Å². The molecule has 0 aliphatic rings. The first-order chi connectivity index (χ1) is 9.24. The Bertz CT molecular complexity index is 707. The van der Waals surface area contributed by atoms with Crippen LogP contribution in [0.25, 0.3) is 17.1 Å². The average molecular weight is 271 g/mol. The summed E-state index contributed by atoms with van der Waals surface area (Å²) in [6.07, 6.45) is 1.57. The topological polar surface area (TPSA) is 30.7 Å². The predicted octanol–water partition coefficient (Wildman–Crippen LogP) is 3.36. The molecule has 0 atom stereocenters. The minimum Gasteiger partial charge on any atom is -0.282 e. The van der Waals surface area contributed by atoms with Gasteiger partial charge in [0.25, 0.3) is 0 Å². The summed E-state index contributed by atoms with van der Waals surface area (Å²) in [7, 11) is 0. The van der Waals surface area contributed by atoms with Crippen LogP contribution in [-0.2, 0) is 0 Å². The van der Waals surface area contributed by atoms with Gasteiger partial charge in [-0.3, -0.25) is 4.57 Å². The van der Waals surface area contributed by atoms with Gasteiger partial charge in [-0.15, -0.1) is 22.8 Å². The number of aromatic nitrogens is 3. The second kappa shape index (κ2) is 4.85. The maximum Gasteiger partial charge on any atom is 0.168 e. The predicted molar refractivity (Wildman–Crippen MR) is 74.0 cm³/mol. The molecule has 1 heterocycles. The summed E-state index contributed by atoms with van der Waals surface area (Å²) in [5.74, 6) is 0.377. The molecule has 0 fully saturated rings. The Morgan fingerprint density at radius 2 is 1.84 bits per heavy atom. The van der Waals surface area contributed by atoms with Crippen LogP contribution < -0.4 is 0 Å². The molecule has 94 valence electrons. The lowest BCUT2D eigenvalue weighted by Crippen LogP contribution is -1.96. The molecule has 0 radical (unpaired) electrons. The SMILES string of the molecule is Fc1cccc(-n2cnnc2-c2ccc(S)cc2)c1. The van der Waals surface area contributed by atoms with Crippen molar-refractivity contribution in [3.63, 3.8) is 0 Å². The van der Waals surface area contributed by atoms with E-state index in [1.54, 1.807) is 17.0 Å². The largest absolute Gasteiger partial charge is 0.282 e. The van der Waals surface area contributed by atoms with Gasteiger partial charge in [-0.05, 0) is 30.3 Å². The zero-order valence-corrected chi connectivity index (χ0v) is 10.8. The number of halogens is 1. The molecular weight excluding hydrogens is 261 g/mol. The van der Waals surface area contributed by atoms with Crippen molar-refractivity contribution >= 4 is 12.6 Å². The van der Waals surface area contributed by atoms with Gasteiger partial charge in [-0.1, -0.05) is 18.2 Å². The Kier molecular flexibility index (Phi) is 3.05. The number of benzene rings is 2. The van der Waals surface area contributed by atoms with E-state index in [1.807, 2.05) is 30.3 Å². The highest BCUT2D eigenvalue weighted by Crippen LogP contribution is 2.22. The number of hydrogen-bond acceptors (Lipinski definition) is 3. The van der Waals surface area contributed by atoms with Gasteiger partial charge in [0.1, 0.15) is 12.1 Å². The highest BCUT2D eigenvalue weighted by atomic mass is 32.1. The second-order valence-corrected chi connectivity index (χ2v) is 4.57. The van der Waals surface area contributed by atoms with Gasteiger partial charge in [0, 0.05) is 10.5 Å². The Balaban J connectivity index is 2.10. The summed E-state index contributed by atoms with van der Waals surface area (Å²) >= 11 is 4.25. The van der Waals surface area contributed by atoms with Crippen LogP contribution in [0.1, 0.15) is 0 Å². The van der Waals surface area contributed by atoms with Gasteiger partial charge in [0.05, 0.1) is 5.69 Å². The van der Waals surface area contributed by atoms with Gasteiger partial charge in [0.15, 0.2) is 5.82 Å². The van der Waals surface area contributed by atoms with E-state index in [-0.39, 0.29) is 5.82 Å². The van der Waals surface area contributed by atoms with Crippen LogP contribution in [0.5, 0.6) is 0 Å². The molecule has 0 bridgehead atoms. The van der Waals surface area contributed by atoms with Gasteiger partial charge in [0.2, 0.25) is 0 Å². The standard InChI is InChI=1S/C14H10FN3S/c15-11-2-1-3-12(8-11)18-9-16-17-14(18)10-4-6-13(19)7-5-10/h1-9,19H. The third-order valence-electron chi connectivity index (χ3n) is 2.76. The van der Waals surface area contributed by atoms with Crippen molar-refractivity contribution in [3.05, 3.63) is 60.7 Å². The fraction of sp³-hybridized carbons (Fsp3) is 0. The molecule has 3 aromatic rings. The van der Waals surface area contributed by atoms with Crippen LogP contribution in [0.3, 0.4) is 0 Å². The molecule has 5 heteroatoms. The lowest BCUT2D eigenvalue weighted by molar-refractivity contribution is 0.626. The molecule has 2 aromatic carbocycles. The Morgan fingerprint density at radius 3 is 2.58 bits per heavy atom. The molecule has 0 aliphatic carbocycles. The van der Waals surface area contributed by atoms with E-state index in [0.29, 0.717) is 11.5 Å². The highest BCUT2D eigenvalue weighted by Gasteiger charge is 2.09. The van der Waals surface area contributed by atoms with E-state index in [0.717, 1.165) is 10.5 Å². The van der Waals surface area contributed by atoms with E-state index in [4.69, 9.17) is 0 Å². The Morgan fingerprint density at radius 1 is 1.05 bits per heavy atom. The summed E-state index contributed by atoms with van der Waals surface area (Å²) in [6.45, 7) is 0. The number of nitrogens with zero attached hydrogens (tertiary/aromatic N) is 3. The van der Waals surface area contributed by atoms with Crippen molar-refractivity contribution in [2.75, 3.05) is 0 Å². The summed E-state index contributed by atoms with van der Waals surface area (Å²) in [6, 6.07) is 13.9.